The Hall–Kier alpha value is -1.58. The van der Waals surface area contributed by atoms with Gasteiger partial charge in [0.15, 0.2) is 5.78 Å². The van der Waals surface area contributed by atoms with Crippen molar-refractivity contribution in [3.05, 3.63) is 28.7 Å². The van der Waals surface area contributed by atoms with Crippen LogP contribution in [-0.2, 0) is 4.79 Å². The van der Waals surface area contributed by atoms with Gasteiger partial charge in [0.2, 0.25) is 0 Å². The van der Waals surface area contributed by atoms with E-state index in [-0.39, 0.29) is 17.9 Å². The van der Waals surface area contributed by atoms with E-state index >= 15 is 0 Å². The minimum Gasteiger partial charge on any atom is -0.486 e. The number of Topliss-reactive ketones (excluding diaryl/α,β-unsaturated/α-hetero) is 1. The van der Waals surface area contributed by atoms with Gasteiger partial charge in [0, 0.05) is 12.3 Å². The topological polar surface area (TPSA) is 59.2 Å². The summed E-state index contributed by atoms with van der Waals surface area (Å²) in [6.07, 6.45) is 1.47. The second-order valence-electron chi connectivity index (χ2n) is 2.38. The Morgan fingerprint density at radius 2 is 2.42 bits per heavy atom. The second-order valence-corrected chi connectivity index (χ2v) is 2.38. The molecule has 1 aromatic rings. The van der Waals surface area contributed by atoms with Gasteiger partial charge in [0.1, 0.15) is 12.4 Å². The number of carbonyl (C=O) groups is 1. The zero-order chi connectivity index (χ0) is 8.97. The van der Waals surface area contributed by atoms with Gasteiger partial charge in [-0.2, -0.15) is 0 Å². The van der Waals surface area contributed by atoms with Crippen molar-refractivity contribution in [2.45, 2.75) is 6.92 Å². The summed E-state index contributed by atoms with van der Waals surface area (Å²) in [7, 11) is 0. The molecule has 0 saturated heterocycles. The highest BCUT2D eigenvalue weighted by Gasteiger charge is 1.95. The molecule has 64 valence electrons. The molecule has 0 atom stereocenters. The van der Waals surface area contributed by atoms with Gasteiger partial charge in [0.05, 0.1) is 0 Å². The fourth-order valence-electron chi connectivity index (χ4n) is 0.700. The van der Waals surface area contributed by atoms with Crippen LogP contribution in [0.4, 0.5) is 0 Å². The Kier molecular flexibility index (Phi) is 2.63. The first-order valence-electron chi connectivity index (χ1n) is 3.49. The maximum Gasteiger partial charge on any atom is 0.251 e. The third kappa shape index (κ3) is 2.57. The smallest absolute Gasteiger partial charge is 0.251 e. The standard InChI is InChI=1S/C8H9NO3/c1-6(10)5-12-7-2-3-9-8(11)4-7/h2-4H,5H2,1H3,(H,9,11). The summed E-state index contributed by atoms with van der Waals surface area (Å²) in [4.78, 5) is 23.6. The molecule has 0 amide bonds. The Morgan fingerprint density at radius 3 is 3.00 bits per heavy atom. The van der Waals surface area contributed by atoms with Gasteiger partial charge < -0.3 is 9.72 Å². The molecule has 1 N–H and O–H groups in total. The molecule has 1 heterocycles. The summed E-state index contributed by atoms with van der Waals surface area (Å²) in [6.45, 7) is 1.43. The fraction of sp³-hybridized carbons (Fsp3) is 0.250. The Labute approximate surface area is 69.2 Å². The van der Waals surface area contributed by atoms with E-state index in [1.54, 1.807) is 6.07 Å². The van der Waals surface area contributed by atoms with E-state index in [2.05, 4.69) is 4.98 Å². The normalized spacial score (nSPS) is 9.42. The van der Waals surface area contributed by atoms with Crippen LogP contribution < -0.4 is 10.3 Å². The van der Waals surface area contributed by atoms with Crippen LogP contribution in [-0.4, -0.2) is 17.4 Å². The van der Waals surface area contributed by atoms with Crippen molar-refractivity contribution >= 4 is 5.78 Å². The molecule has 0 aliphatic carbocycles. The van der Waals surface area contributed by atoms with Crippen LogP contribution in [0.1, 0.15) is 6.92 Å². The van der Waals surface area contributed by atoms with Gasteiger partial charge in [-0.3, -0.25) is 9.59 Å². The number of H-pyrrole nitrogens is 1. The average molecular weight is 167 g/mol. The zero-order valence-corrected chi connectivity index (χ0v) is 6.66. The lowest BCUT2D eigenvalue weighted by Crippen LogP contribution is -2.09. The highest BCUT2D eigenvalue weighted by Crippen LogP contribution is 2.03. The first-order chi connectivity index (χ1) is 5.68. The molecule has 0 aromatic carbocycles. The van der Waals surface area contributed by atoms with E-state index in [1.165, 1.54) is 19.2 Å². The molecule has 1 aromatic heterocycles. The maximum atomic E-state index is 10.7. The van der Waals surface area contributed by atoms with Crippen molar-refractivity contribution in [2.24, 2.45) is 0 Å². The van der Waals surface area contributed by atoms with Crippen molar-refractivity contribution in [3.8, 4) is 5.75 Å². The van der Waals surface area contributed by atoms with Crippen LogP contribution in [0.25, 0.3) is 0 Å². The van der Waals surface area contributed by atoms with Crippen LogP contribution in [0.5, 0.6) is 5.75 Å². The molecule has 0 fully saturated rings. The minimum atomic E-state index is -0.240. The van der Waals surface area contributed by atoms with E-state index in [1.807, 2.05) is 0 Å². The SMILES string of the molecule is CC(=O)COc1cc[nH]c(=O)c1. The van der Waals surface area contributed by atoms with Gasteiger partial charge in [-0.05, 0) is 13.0 Å². The molecule has 12 heavy (non-hydrogen) atoms. The highest BCUT2D eigenvalue weighted by molar-refractivity contribution is 5.77. The molecule has 0 radical (unpaired) electrons. The highest BCUT2D eigenvalue weighted by atomic mass is 16.5. The quantitative estimate of drug-likeness (QED) is 0.706. The Bertz CT molecular complexity index is 329. The van der Waals surface area contributed by atoms with Gasteiger partial charge in [0.25, 0.3) is 5.56 Å². The molecule has 0 unspecified atom stereocenters. The van der Waals surface area contributed by atoms with Gasteiger partial charge in [-0.25, -0.2) is 0 Å². The van der Waals surface area contributed by atoms with Crippen molar-refractivity contribution < 1.29 is 9.53 Å². The van der Waals surface area contributed by atoms with E-state index in [0.29, 0.717) is 5.75 Å². The molecule has 0 aliphatic heterocycles. The summed E-state index contributed by atoms with van der Waals surface area (Å²) < 4.78 is 4.98. The number of rotatable bonds is 3. The van der Waals surface area contributed by atoms with Crippen molar-refractivity contribution in [3.63, 3.8) is 0 Å². The Balaban J connectivity index is 2.64. The Morgan fingerprint density at radius 1 is 1.67 bits per heavy atom. The number of carbonyl (C=O) groups excluding carboxylic acids is 1. The van der Waals surface area contributed by atoms with Crippen LogP contribution in [0.3, 0.4) is 0 Å². The van der Waals surface area contributed by atoms with Crippen LogP contribution in [0.15, 0.2) is 23.1 Å². The number of ether oxygens (including phenoxy) is 1. The number of pyridine rings is 1. The van der Waals surface area contributed by atoms with Crippen LogP contribution in [0.2, 0.25) is 0 Å². The predicted molar refractivity (Wildman–Crippen MR) is 43.2 cm³/mol. The van der Waals surface area contributed by atoms with Gasteiger partial charge in [-0.15, -0.1) is 0 Å². The molecule has 0 aliphatic rings. The fourth-order valence-corrected chi connectivity index (χ4v) is 0.700. The first-order valence-corrected chi connectivity index (χ1v) is 3.49. The molecule has 4 nitrogen and oxygen atoms in total. The van der Waals surface area contributed by atoms with Gasteiger partial charge >= 0.3 is 0 Å². The molecule has 1 rings (SSSR count). The summed E-state index contributed by atoms with van der Waals surface area (Å²) in [6, 6.07) is 2.88. The molecular weight excluding hydrogens is 158 g/mol. The maximum absolute atomic E-state index is 10.7. The van der Waals surface area contributed by atoms with Crippen molar-refractivity contribution in [2.75, 3.05) is 6.61 Å². The number of aromatic amines is 1. The van der Waals surface area contributed by atoms with E-state index in [9.17, 15) is 9.59 Å². The summed E-state index contributed by atoms with van der Waals surface area (Å²) in [5, 5.41) is 0. The molecule has 0 saturated carbocycles. The third-order valence-electron chi connectivity index (χ3n) is 1.19. The van der Waals surface area contributed by atoms with E-state index in [4.69, 9.17) is 4.74 Å². The lowest BCUT2D eigenvalue weighted by molar-refractivity contribution is -0.118. The van der Waals surface area contributed by atoms with Crippen LogP contribution in [0, 0.1) is 0 Å². The third-order valence-corrected chi connectivity index (χ3v) is 1.19. The number of hydrogen-bond acceptors (Lipinski definition) is 3. The average Bonchev–Trinajstić information content (AvgIpc) is 2.01. The van der Waals surface area contributed by atoms with E-state index in [0.717, 1.165) is 0 Å². The molecule has 0 bridgehead atoms. The van der Waals surface area contributed by atoms with Gasteiger partial charge in [-0.1, -0.05) is 0 Å². The van der Waals surface area contributed by atoms with E-state index < -0.39 is 0 Å². The number of hydrogen-bond donors (Lipinski definition) is 1. The molecule has 4 heteroatoms. The second kappa shape index (κ2) is 3.71. The number of nitrogens with one attached hydrogen (secondary N) is 1. The summed E-state index contributed by atoms with van der Waals surface area (Å²) in [5.41, 5.74) is -0.240. The first kappa shape index (κ1) is 8.52. The summed E-state index contributed by atoms with van der Waals surface area (Å²) in [5.74, 6) is 0.337. The largest absolute Gasteiger partial charge is 0.486 e. The zero-order valence-electron chi connectivity index (χ0n) is 6.66. The minimum absolute atomic E-state index is 0.00343. The molecular formula is C8H9NO3. The van der Waals surface area contributed by atoms with Crippen molar-refractivity contribution in [1.82, 2.24) is 4.98 Å². The van der Waals surface area contributed by atoms with Crippen LogP contribution >= 0.6 is 0 Å². The lowest BCUT2D eigenvalue weighted by atomic mass is 10.4. The summed E-state index contributed by atoms with van der Waals surface area (Å²) >= 11 is 0. The molecule has 0 spiro atoms. The number of ketones is 1. The predicted octanol–water partition coefficient (Wildman–Crippen LogP) is 0.343. The number of aromatic nitrogens is 1. The monoisotopic (exact) mass is 167 g/mol. The lowest BCUT2D eigenvalue weighted by Gasteiger charge is -2.00. The van der Waals surface area contributed by atoms with Crippen molar-refractivity contribution in [1.29, 1.82) is 0 Å².